The molecule has 15 nitrogen and oxygen atoms in total. The normalized spacial score (nSPS) is 16.4. The number of fused-ring (bicyclic) bond motifs is 1. The van der Waals surface area contributed by atoms with E-state index in [0.29, 0.717) is 60.1 Å². The number of carbonyl (C=O) groups is 6. The zero-order valence-corrected chi connectivity index (χ0v) is 37.5. The number of hydrogen-bond donors (Lipinski definition) is 3. The van der Waals surface area contributed by atoms with Crippen molar-refractivity contribution in [3.8, 4) is 0 Å². The summed E-state index contributed by atoms with van der Waals surface area (Å²) in [7, 11) is 1.64. The van der Waals surface area contributed by atoms with E-state index in [0.717, 1.165) is 16.8 Å². The highest BCUT2D eigenvalue weighted by Gasteiger charge is 2.40. The molecule has 4 heterocycles. The van der Waals surface area contributed by atoms with Crippen LogP contribution in [0, 0.1) is 31.6 Å². The third kappa shape index (κ3) is 11.1. The summed E-state index contributed by atoms with van der Waals surface area (Å²) in [6.07, 6.45) is 4.88. The highest BCUT2D eigenvalue weighted by atomic mass is 16.2. The van der Waals surface area contributed by atoms with Gasteiger partial charge in [0.25, 0.3) is 0 Å². The van der Waals surface area contributed by atoms with Crippen molar-refractivity contribution < 1.29 is 28.8 Å². The molecule has 6 rings (SSSR count). The van der Waals surface area contributed by atoms with Crippen LogP contribution in [0.3, 0.4) is 0 Å². The Bertz CT molecular complexity index is 2330. The molecule has 63 heavy (non-hydrogen) atoms. The van der Waals surface area contributed by atoms with Crippen LogP contribution in [-0.2, 0) is 32.1 Å². The summed E-state index contributed by atoms with van der Waals surface area (Å²) >= 11 is 0. The lowest BCUT2D eigenvalue weighted by Crippen LogP contribution is -2.56. The first-order valence-electron chi connectivity index (χ1n) is 21.7. The first kappa shape index (κ1) is 46.0. The predicted molar refractivity (Wildman–Crippen MR) is 242 cm³/mol. The fraction of sp³-hybridized carbons (Fsp3) is 0.438. The first-order chi connectivity index (χ1) is 30.0. The number of likely N-dealkylation sites (tertiary alicyclic amines) is 1. The second-order valence-corrected chi connectivity index (χ2v) is 17.5. The van der Waals surface area contributed by atoms with E-state index in [9.17, 15) is 28.8 Å². The molecule has 1 fully saturated rings. The minimum atomic E-state index is -0.992. The largest absolute Gasteiger partial charge is 0.345 e. The molecule has 15 heteroatoms. The molecule has 0 aliphatic carbocycles. The van der Waals surface area contributed by atoms with Crippen LogP contribution >= 0.6 is 0 Å². The van der Waals surface area contributed by atoms with Crippen LogP contribution in [0.2, 0.25) is 0 Å². The maximum absolute atomic E-state index is 14.4. The van der Waals surface area contributed by atoms with E-state index in [1.165, 1.54) is 11.8 Å². The van der Waals surface area contributed by atoms with Crippen molar-refractivity contribution in [3.05, 3.63) is 101 Å². The van der Waals surface area contributed by atoms with Crippen molar-refractivity contribution in [3.63, 3.8) is 0 Å². The Morgan fingerprint density at radius 1 is 0.889 bits per heavy atom. The first-order valence-corrected chi connectivity index (χ1v) is 21.7. The van der Waals surface area contributed by atoms with Gasteiger partial charge in [0.1, 0.15) is 17.9 Å². The van der Waals surface area contributed by atoms with Gasteiger partial charge in [0, 0.05) is 61.1 Å². The van der Waals surface area contributed by atoms with Crippen molar-refractivity contribution in [1.82, 2.24) is 30.5 Å². The van der Waals surface area contributed by atoms with E-state index >= 15 is 0 Å². The Balaban J connectivity index is 1.16. The zero-order chi connectivity index (χ0) is 45.5. The quantitative estimate of drug-likeness (QED) is 0.0991. The number of anilines is 4. The number of urea groups is 1. The second kappa shape index (κ2) is 20.1. The molecule has 0 spiro atoms. The molecular weight excluding hydrogens is 799 g/mol. The SMILES string of the molecule is CC(=O)[C@H](CC(C)C)NC(=O)[C@H](Cc1ccccc1)NC(=O)[C@@H]1CCCN1C(=O)[C@@H](CC(=O)c1ccc(C)c(N2Cc3cnc(Nc4ccc(C)nc4)nc3N(C)C2=O)c1)C(C)C. The summed E-state index contributed by atoms with van der Waals surface area (Å²) in [4.78, 5) is 101. The zero-order valence-electron chi connectivity index (χ0n) is 37.5. The summed E-state index contributed by atoms with van der Waals surface area (Å²) in [5.74, 6) is -1.72. The number of nitrogens with zero attached hydrogens (tertiary/aromatic N) is 6. The molecule has 4 atom stereocenters. The van der Waals surface area contributed by atoms with Gasteiger partial charge in [0.2, 0.25) is 23.7 Å². The molecular formula is C48H59N9O6. The van der Waals surface area contributed by atoms with Crippen molar-refractivity contribution in [2.45, 2.75) is 105 Å². The third-order valence-corrected chi connectivity index (χ3v) is 11.8. The Morgan fingerprint density at radius 2 is 1.63 bits per heavy atom. The molecule has 4 aromatic rings. The van der Waals surface area contributed by atoms with Gasteiger partial charge < -0.3 is 20.9 Å². The lowest BCUT2D eigenvalue weighted by molar-refractivity contribution is -0.143. The summed E-state index contributed by atoms with van der Waals surface area (Å²) in [5.41, 5.74) is 4.81. The third-order valence-electron chi connectivity index (χ3n) is 11.8. The van der Waals surface area contributed by atoms with Crippen LogP contribution in [0.15, 0.2) is 73.1 Å². The van der Waals surface area contributed by atoms with Gasteiger partial charge in [0.05, 0.1) is 24.5 Å². The molecule has 0 saturated carbocycles. The van der Waals surface area contributed by atoms with Gasteiger partial charge in [-0.25, -0.2) is 9.78 Å². The van der Waals surface area contributed by atoms with Crippen LogP contribution in [0.5, 0.6) is 0 Å². The van der Waals surface area contributed by atoms with Crippen molar-refractivity contribution >= 4 is 58.5 Å². The summed E-state index contributed by atoms with van der Waals surface area (Å²) in [5, 5.41) is 8.92. The average molecular weight is 858 g/mol. The number of aromatic nitrogens is 3. The molecule has 1 saturated heterocycles. The van der Waals surface area contributed by atoms with Gasteiger partial charge in [-0.15, -0.1) is 0 Å². The number of benzene rings is 2. The monoisotopic (exact) mass is 857 g/mol. The van der Waals surface area contributed by atoms with Gasteiger partial charge in [-0.3, -0.25) is 38.8 Å². The molecule has 332 valence electrons. The maximum Gasteiger partial charge on any atom is 0.330 e. The number of nitrogens with one attached hydrogen (secondary N) is 3. The maximum atomic E-state index is 14.4. The average Bonchev–Trinajstić information content (AvgIpc) is 3.75. The molecule has 0 unspecified atom stereocenters. The van der Waals surface area contributed by atoms with Crippen LogP contribution in [0.1, 0.15) is 93.0 Å². The molecule has 2 aliphatic rings. The number of carbonyl (C=O) groups excluding carboxylic acids is 6. The molecule has 0 radical (unpaired) electrons. The summed E-state index contributed by atoms with van der Waals surface area (Å²) < 4.78 is 0. The molecule has 5 amide bonds. The number of hydrogen-bond acceptors (Lipinski definition) is 10. The number of amides is 5. The van der Waals surface area contributed by atoms with Crippen molar-refractivity contribution in [1.29, 1.82) is 0 Å². The van der Waals surface area contributed by atoms with Gasteiger partial charge in [-0.2, -0.15) is 4.98 Å². The number of rotatable bonds is 17. The lowest BCUT2D eigenvalue weighted by Gasteiger charge is -2.35. The van der Waals surface area contributed by atoms with Crippen LogP contribution in [-0.4, -0.2) is 86.9 Å². The van der Waals surface area contributed by atoms with Crippen molar-refractivity contribution in [2.75, 3.05) is 28.7 Å². The van der Waals surface area contributed by atoms with E-state index in [4.69, 9.17) is 0 Å². The summed E-state index contributed by atoms with van der Waals surface area (Å²) in [6.45, 7) is 13.4. The number of pyridine rings is 1. The molecule has 2 aliphatic heterocycles. The molecule has 2 aromatic heterocycles. The minimum Gasteiger partial charge on any atom is -0.345 e. The standard InChI is InChI=1S/C48H59N9O6/c1-28(2)21-38(32(7)58)52-44(60)39(22-33-13-10-9-11-14-33)53-45(61)40-15-12-20-56(40)46(62)37(29(3)4)24-42(59)34-18-16-30(5)41(23-34)57-27-35-25-50-47(54-43(35)55(8)48(57)63)51-36-19-17-31(6)49-26-36/h9-11,13-14,16-19,23,25-26,28-29,37-40H,12,15,20-22,24,27H2,1-8H3,(H,52,60)(H,53,61)(H,50,51,54)/t37-,38-,39-,40-/m0/s1. The van der Waals surface area contributed by atoms with Gasteiger partial charge in [-0.05, 0) is 81.2 Å². The highest BCUT2D eigenvalue weighted by Crippen LogP contribution is 2.34. The summed E-state index contributed by atoms with van der Waals surface area (Å²) in [6, 6.07) is 15.4. The minimum absolute atomic E-state index is 0.109. The van der Waals surface area contributed by atoms with Crippen molar-refractivity contribution in [2.24, 2.45) is 17.8 Å². The van der Waals surface area contributed by atoms with Crippen LogP contribution in [0.4, 0.5) is 27.9 Å². The highest BCUT2D eigenvalue weighted by molar-refractivity contribution is 6.07. The smallest absolute Gasteiger partial charge is 0.330 e. The van der Waals surface area contributed by atoms with E-state index in [1.54, 1.807) is 47.4 Å². The predicted octanol–water partition coefficient (Wildman–Crippen LogP) is 6.49. The van der Waals surface area contributed by atoms with E-state index in [1.807, 2.05) is 84.0 Å². The van der Waals surface area contributed by atoms with Crippen LogP contribution < -0.4 is 25.8 Å². The van der Waals surface area contributed by atoms with E-state index in [2.05, 4.69) is 30.9 Å². The van der Waals surface area contributed by atoms with E-state index < -0.39 is 35.9 Å². The lowest BCUT2D eigenvalue weighted by atomic mass is 9.87. The van der Waals surface area contributed by atoms with Gasteiger partial charge in [0.15, 0.2) is 11.6 Å². The topological polar surface area (TPSA) is 187 Å². The van der Waals surface area contributed by atoms with Gasteiger partial charge in [-0.1, -0.05) is 70.2 Å². The number of Topliss-reactive ketones (excluding diaryl/α,β-unsaturated/α-hetero) is 2. The van der Waals surface area contributed by atoms with E-state index in [-0.39, 0.29) is 54.7 Å². The number of aryl methyl sites for hydroxylation is 2. The molecule has 0 bridgehead atoms. The van der Waals surface area contributed by atoms with Gasteiger partial charge >= 0.3 is 6.03 Å². The second-order valence-electron chi connectivity index (χ2n) is 17.5. The fourth-order valence-corrected chi connectivity index (χ4v) is 8.14. The Hall–Kier alpha value is -6.51. The Labute approximate surface area is 369 Å². The van der Waals surface area contributed by atoms with Crippen LogP contribution in [0.25, 0.3) is 0 Å². The Kier molecular flexibility index (Phi) is 14.7. The molecule has 3 N–H and O–H groups in total. The number of ketones is 2. The molecule has 2 aromatic carbocycles. The fourth-order valence-electron chi connectivity index (χ4n) is 8.14. The Morgan fingerprint density at radius 3 is 2.30 bits per heavy atom.